The van der Waals surface area contributed by atoms with Crippen molar-refractivity contribution in [2.75, 3.05) is 19.4 Å². The number of hydrogen-bond acceptors (Lipinski definition) is 3. The van der Waals surface area contributed by atoms with Crippen LogP contribution in [0.1, 0.15) is 50.3 Å². The lowest BCUT2D eigenvalue weighted by atomic mass is 9.87. The van der Waals surface area contributed by atoms with Gasteiger partial charge in [0.1, 0.15) is 5.83 Å². The fourth-order valence-corrected chi connectivity index (χ4v) is 4.17. The van der Waals surface area contributed by atoms with E-state index < -0.39 is 0 Å². The lowest BCUT2D eigenvalue weighted by Gasteiger charge is -2.22. The number of nitrogens with zero attached hydrogens (tertiary/aromatic N) is 2. The summed E-state index contributed by atoms with van der Waals surface area (Å²) >= 11 is 0. The van der Waals surface area contributed by atoms with Crippen molar-refractivity contribution in [3.63, 3.8) is 0 Å². The highest BCUT2D eigenvalue weighted by molar-refractivity contribution is 5.78. The fraction of sp³-hybridized carbons (Fsp3) is 0.423. The lowest BCUT2D eigenvalue weighted by molar-refractivity contribution is 0.513. The highest BCUT2D eigenvalue weighted by Crippen LogP contribution is 2.37. The molecule has 2 aliphatic rings. The second-order valence-electron chi connectivity index (χ2n) is 8.70. The molecular weight excluding hydrogens is 373 g/mol. The Morgan fingerprint density at radius 3 is 2.70 bits per heavy atom. The van der Waals surface area contributed by atoms with Crippen molar-refractivity contribution in [2.24, 2.45) is 11.8 Å². The summed E-state index contributed by atoms with van der Waals surface area (Å²) in [5.74, 6) is 0.221. The molecule has 3 rings (SSSR count). The molecule has 1 saturated carbocycles. The van der Waals surface area contributed by atoms with Gasteiger partial charge in [-0.2, -0.15) is 0 Å². The molecule has 1 unspecified atom stereocenters. The minimum atomic E-state index is -0.342. The van der Waals surface area contributed by atoms with Gasteiger partial charge in [0.05, 0.1) is 0 Å². The fourth-order valence-electron chi connectivity index (χ4n) is 4.17. The molecule has 0 amide bonds. The van der Waals surface area contributed by atoms with Crippen molar-refractivity contribution in [1.29, 1.82) is 0 Å². The van der Waals surface area contributed by atoms with Crippen molar-refractivity contribution < 1.29 is 4.39 Å². The lowest BCUT2D eigenvalue weighted by Crippen LogP contribution is -2.11. The molecule has 0 aromatic carbocycles. The van der Waals surface area contributed by atoms with Crippen molar-refractivity contribution in [3.05, 3.63) is 78.2 Å². The molecule has 0 saturated heterocycles. The minimum Gasteiger partial charge on any atom is -0.381 e. The van der Waals surface area contributed by atoms with Gasteiger partial charge >= 0.3 is 0 Å². The average molecular weight is 408 g/mol. The maximum atomic E-state index is 14.5. The SMILES string of the molecule is C=C(/C=C(/C)N(C)C)Nc1cc(CC2CCCC2)ncc1C(=C)C1CC=CC=C1F. The van der Waals surface area contributed by atoms with Crippen LogP contribution in [-0.4, -0.2) is 24.0 Å². The van der Waals surface area contributed by atoms with E-state index in [0.717, 1.165) is 40.3 Å². The predicted molar refractivity (Wildman–Crippen MR) is 126 cm³/mol. The van der Waals surface area contributed by atoms with Gasteiger partial charge in [0.25, 0.3) is 0 Å². The molecule has 0 spiro atoms. The highest BCUT2D eigenvalue weighted by atomic mass is 19.1. The van der Waals surface area contributed by atoms with Gasteiger partial charge < -0.3 is 10.2 Å². The van der Waals surface area contributed by atoms with Crippen LogP contribution < -0.4 is 5.32 Å². The predicted octanol–water partition coefficient (Wildman–Crippen LogP) is 6.65. The number of aromatic nitrogens is 1. The molecule has 160 valence electrons. The van der Waals surface area contributed by atoms with Gasteiger partial charge in [0.2, 0.25) is 0 Å². The van der Waals surface area contributed by atoms with Crippen LogP contribution >= 0.6 is 0 Å². The highest BCUT2D eigenvalue weighted by Gasteiger charge is 2.23. The van der Waals surface area contributed by atoms with Gasteiger partial charge in [0, 0.05) is 54.5 Å². The molecule has 3 nitrogen and oxygen atoms in total. The standard InChI is InChI=1S/C26H34FN3/c1-18(14-19(2)30(4)5)29-26-16-22(15-21-10-6-7-11-21)28-17-24(26)20(3)23-12-8-9-13-25(23)27/h8-9,13-14,16-17,21,23H,1,3,6-7,10-12,15H2,2,4-5H3,(H,28,29)/b19-14-. The number of rotatable bonds is 8. The van der Waals surface area contributed by atoms with Gasteiger partial charge in [-0.05, 0) is 49.5 Å². The molecule has 1 atom stereocenters. The van der Waals surface area contributed by atoms with Crippen molar-refractivity contribution >= 4 is 11.3 Å². The van der Waals surface area contributed by atoms with Crippen LogP contribution in [0.2, 0.25) is 0 Å². The van der Waals surface area contributed by atoms with Crippen LogP contribution in [0.15, 0.2) is 66.9 Å². The van der Waals surface area contributed by atoms with Crippen LogP contribution in [0, 0.1) is 11.8 Å². The molecule has 0 bridgehead atoms. The smallest absolute Gasteiger partial charge is 0.108 e. The van der Waals surface area contributed by atoms with E-state index in [1.165, 1.54) is 31.8 Å². The van der Waals surface area contributed by atoms with E-state index >= 15 is 0 Å². The second-order valence-corrected chi connectivity index (χ2v) is 8.70. The van der Waals surface area contributed by atoms with E-state index in [-0.39, 0.29) is 11.7 Å². The van der Waals surface area contributed by atoms with Crippen molar-refractivity contribution in [2.45, 2.75) is 45.4 Å². The molecule has 1 fully saturated rings. The summed E-state index contributed by atoms with van der Waals surface area (Å²) in [7, 11) is 4.01. The second kappa shape index (κ2) is 9.92. The average Bonchev–Trinajstić information content (AvgIpc) is 3.21. The van der Waals surface area contributed by atoms with Crippen LogP contribution in [-0.2, 0) is 6.42 Å². The summed E-state index contributed by atoms with van der Waals surface area (Å²) in [6, 6.07) is 2.10. The summed E-state index contributed by atoms with van der Waals surface area (Å²) in [6.07, 6.45) is 15.9. The number of halogens is 1. The Labute approximate surface area is 180 Å². The zero-order chi connectivity index (χ0) is 21.7. The molecule has 1 aromatic rings. The Morgan fingerprint density at radius 1 is 1.30 bits per heavy atom. The Hall–Kier alpha value is -2.62. The molecule has 1 heterocycles. The van der Waals surface area contributed by atoms with Gasteiger partial charge in [-0.1, -0.05) is 51.0 Å². The number of hydrogen-bond donors (Lipinski definition) is 1. The monoisotopic (exact) mass is 407 g/mol. The summed E-state index contributed by atoms with van der Waals surface area (Å²) in [5.41, 5.74) is 5.45. The quantitative estimate of drug-likeness (QED) is 0.489. The first-order valence-corrected chi connectivity index (χ1v) is 10.9. The minimum absolute atomic E-state index is 0.148. The summed E-state index contributed by atoms with van der Waals surface area (Å²) in [4.78, 5) is 6.77. The van der Waals surface area contributed by atoms with Gasteiger partial charge in [-0.15, -0.1) is 0 Å². The van der Waals surface area contributed by atoms with E-state index in [0.29, 0.717) is 12.3 Å². The largest absolute Gasteiger partial charge is 0.381 e. The third-order valence-electron chi connectivity index (χ3n) is 6.18. The van der Waals surface area contributed by atoms with E-state index in [9.17, 15) is 4.39 Å². The van der Waals surface area contributed by atoms with Crippen molar-refractivity contribution in [1.82, 2.24) is 9.88 Å². The summed E-state index contributed by atoms with van der Waals surface area (Å²) in [5, 5.41) is 3.44. The van der Waals surface area contributed by atoms with Crippen LogP contribution in [0.3, 0.4) is 0 Å². The van der Waals surface area contributed by atoms with E-state index in [1.807, 2.05) is 44.3 Å². The summed E-state index contributed by atoms with van der Waals surface area (Å²) < 4.78 is 14.5. The topological polar surface area (TPSA) is 28.2 Å². The Kier molecular flexibility index (Phi) is 7.30. The van der Waals surface area contributed by atoms with Crippen LogP contribution in [0.4, 0.5) is 10.1 Å². The Morgan fingerprint density at radius 2 is 2.03 bits per heavy atom. The first-order chi connectivity index (χ1) is 14.3. The van der Waals surface area contributed by atoms with Gasteiger partial charge in [0.15, 0.2) is 0 Å². The number of nitrogens with one attached hydrogen (secondary N) is 1. The Bertz CT molecular complexity index is 886. The maximum Gasteiger partial charge on any atom is 0.108 e. The number of allylic oxidation sites excluding steroid dienone is 7. The molecular formula is C26H34FN3. The van der Waals surface area contributed by atoms with Crippen molar-refractivity contribution in [3.8, 4) is 0 Å². The molecule has 0 radical (unpaired) electrons. The molecule has 30 heavy (non-hydrogen) atoms. The van der Waals surface area contributed by atoms with E-state index in [4.69, 9.17) is 4.98 Å². The van der Waals surface area contributed by atoms with Crippen LogP contribution in [0.25, 0.3) is 5.57 Å². The first-order valence-electron chi connectivity index (χ1n) is 10.9. The zero-order valence-electron chi connectivity index (χ0n) is 18.5. The van der Waals surface area contributed by atoms with Gasteiger partial charge in [-0.3, -0.25) is 4.98 Å². The normalized spacial score (nSPS) is 19.5. The van der Waals surface area contributed by atoms with Gasteiger partial charge in [-0.25, -0.2) is 4.39 Å². The maximum absolute atomic E-state index is 14.5. The molecule has 0 aliphatic heterocycles. The molecule has 1 aromatic heterocycles. The van der Waals surface area contributed by atoms with E-state index in [1.54, 1.807) is 6.08 Å². The van der Waals surface area contributed by atoms with Crippen LogP contribution in [0.5, 0.6) is 0 Å². The molecule has 2 aliphatic carbocycles. The van der Waals surface area contributed by atoms with E-state index in [2.05, 4.69) is 24.5 Å². The summed E-state index contributed by atoms with van der Waals surface area (Å²) in [6.45, 7) is 10.5. The molecule has 4 heteroatoms. The zero-order valence-corrected chi connectivity index (χ0v) is 18.5. The number of pyridine rings is 1. The third kappa shape index (κ3) is 5.50. The number of anilines is 1. The third-order valence-corrected chi connectivity index (χ3v) is 6.18. The molecule has 1 N–H and O–H groups in total. The first kappa shape index (κ1) is 22.1. The Balaban J connectivity index is 1.89.